The molecule has 0 fully saturated rings. The Hall–Kier alpha value is -1.31. The number of carbonyl (C=O) groups is 1. The van der Waals surface area contributed by atoms with Crippen molar-refractivity contribution in [1.29, 1.82) is 0 Å². The molecule has 0 aliphatic heterocycles. The number of unbranched alkanes of at least 4 members (excludes halogenated alkanes) is 2. The number of hydrogen-bond acceptors (Lipinski definition) is 1. The topological polar surface area (TPSA) is 29.1 Å². The van der Waals surface area contributed by atoms with Gasteiger partial charge < -0.3 is 5.32 Å². The molecule has 1 amide bonds. The highest BCUT2D eigenvalue weighted by molar-refractivity contribution is 5.89. The van der Waals surface area contributed by atoms with E-state index in [-0.39, 0.29) is 5.91 Å². The number of hydrogen-bond donors (Lipinski definition) is 1. The first-order valence-corrected chi connectivity index (χ1v) is 7.42. The van der Waals surface area contributed by atoms with Crippen LogP contribution in [-0.2, 0) is 11.2 Å². The summed E-state index contributed by atoms with van der Waals surface area (Å²) < 4.78 is 0. The van der Waals surface area contributed by atoms with Gasteiger partial charge in [-0.25, -0.2) is 0 Å². The van der Waals surface area contributed by atoms with E-state index in [4.69, 9.17) is 0 Å². The van der Waals surface area contributed by atoms with Crippen molar-refractivity contribution in [2.45, 2.75) is 66.7 Å². The zero-order valence-electron chi connectivity index (χ0n) is 13.2. The number of anilines is 1. The number of nitrogens with one attached hydrogen (secondary N) is 1. The van der Waals surface area contributed by atoms with Gasteiger partial charge >= 0.3 is 0 Å². The lowest BCUT2D eigenvalue weighted by Gasteiger charge is -2.08. The largest absolute Gasteiger partial charge is 0.326 e. The van der Waals surface area contributed by atoms with Crippen LogP contribution in [-0.4, -0.2) is 5.91 Å². The van der Waals surface area contributed by atoms with Crippen molar-refractivity contribution in [3.8, 4) is 0 Å². The maximum Gasteiger partial charge on any atom is 0.221 e. The quantitative estimate of drug-likeness (QED) is 0.786. The molecule has 0 saturated heterocycles. The van der Waals surface area contributed by atoms with Crippen LogP contribution < -0.4 is 5.32 Å². The van der Waals surface area contributed by atoms with Crippen LogP contribution in [0.1, 0.15) is 64.5 Å². The fraction of sp³-hybridized carbons (Fsp3) is 0.588. The van der Waals surface area contributed by atoms with Crippen molar-refractivity contribution < 1.29 is 4.79 Å². The fourth-order valence-corrected chi connectivity index (χ4v) is 1.59. The van der Waals surface area contributed by atoms with E-state index in [0.717, 1.165) is 17.7 Å². The molecule has 1 aromatic rings. The lowest BCUT2D eigenvalue weighted by Crippen LogP contribution is -2.07. The summed E-state index contributed by atoms with van der Waals surface area (Å²) in [5.41, 5.74) is 3.41. The zero-order chi connectivity index (χ0) is 14.7. The molecule has 0 bridgehead atoms. The van der Waals surface area contributed by atoms with Crippen molar-refractivity contribution in [3.63, 3.8) is 0 Å². The van der Waals surface area contributed by atoms with E-state index in [9.17, 15) is 4.79 Å². The zero-order valence-corrected chi connectivity index (χ0v) is 13.2. The first kappa shape index (κ1) is 17.7. The molecule has 0 unspecified atom stereocenters. The van der Waals surface area contributed by atoms with Crippen LogP contribution in [0.4, 0.5) is 5.69 Å². The number of rotatable bonds is 5. The van der Waals surface area contributed by atoms with Crippen LogP contribution in [0.5, 0.6) is 0 Å². The second kappa shape index (κ2) is 10.6. The summed E-state index contributed by atoms with van der Waals surface area (Å²) in [5, 5.41) is 2.82. The van der Waals surface area contributed by atoms with Gasteiger partial charge in [0.25, 0.3) is 0 Å². The predicted octanol–water partition coefficient (Wildman–Crippen LogP) is 5.10. The lowest BCUT2D eigenvalue weighted by atomic mass is 10.0. The molecule has 0 aliphatic carbocycles. The van der Waals surface area contributed by atoms with Gasteiger partial charge in [-0.1, -0.05) is 52.2 Å². The minimum absolute atomic E-state index is 0.0144. The Morgan fingerprint density at radius 3 is 2.16 bits per heavy atom. The smallest absolute Gasteiger partial charge is 0.221 e. The summed E-state index contributed by atoms with van der Waals surface area (Å²) in [6, 6.07) is 6.23. The van der Waals surface area contributed by atoms with Gasteiger partial charge in [-0.2, -0.15) is 0 Å². The lowest BCUT2D eigenvalue weighted by molar-refractivity contribution is -0.114. The van der Waals surface area contributed by atoms with Crippen molar-refractivity contribution in [2.24, 2.45) is 0 Å². The van der Waals surface area contributed by atoms with Crippen molar-refractivity contribution in [3.05, 3.63) is 29.3 Å². The predicted molar refractivity (Wildman–Crippen MR) is 84.7 cm³/mol. The minimum atomic E-state index is -0.0144. The molecule has 0 heterocycles. The third kappa shape index (κ3) is 8.41. The Kier molecular flexibility index (Phi) is 9.87. The number of carbonyl (C=O) groups excluding carboxylic acids is 1. The summed E-state index contributed by atoms with van der Waals surface area (Å²) >= 11 is 0. The van der Waals surface area contributed by atoms with E-state index in [1.54, 1.807) is 0 Å². The average Bonchev–Trinajstić information content (AvgIpc) is 2.39. The summed E-state index contributed by atoms with van der Waals surface area (Å²) in [6.07, 6.45) is 6.20. The summed E-state index contributed by atoms with van der Waals surface area (Å²) in [4.78, 5) is 10.9. The number of aryl methyl sites for hydroxylation is 2. The van der Waals surface area contributed by atoms with Gasteiger partial charge in [-0.3, -0.25) is 4.79 Å². The van der Waals surface area contributed by atoms with E-state index in [0.29, 0.717) is 0 Å². The monoisotopic (exact) mass is 263 g/mol. The molecular formula is C17H29NO. The van der Waals surface area contributed by atoms with Crippen molar-refractivity contribution >= 4 is 11.6 Å². The maximum absolute atomic E-state index is 10.9. The van der Waals surface area contributed by atoms with E-state index in [1.165, 1.54) is 38.2 Å². The third-order valence-corrected chi connectivity index (χ3v) is 2.92. The summed E-state index contributed by atoms with van der Waals surface area (Å²) in [5.74, 6) is -0.0144. The highest BCUT2D eigenvalue weighted by atomic mass is 16.1. The first-order chi connectivity index (χ1) is 9.04. The Bertz CT molecular complexity index is 370. The summed E-state index contributed by atoms with van der Waals surface area (Å²) in [7, 11) is 0. The molecule has 1 aromatic carbocycles. The first-order valence-electron chi connectivity index (χ1n) is 7.42. The molecule has 0 saturated carbocycles. The average molecular weight is 263 g/mol. The van der Waals surface area contributed by atoms with Gasteiger partial charge in [-0.05, 0) is 37.0 Å². The number of amides is 1. The Morgan fingerprint density at radius 1 is 1.11 bits per heavy atom. The van der Waals surface area contributed by atoms with E-state index < -0.39 is 0 Å². The molecule has 108 valence electrons. The van der Waals surface area contributed by atoms with Crippen LogP contribution in [0.25, 0.3) is 0 Å². The Balaban J connectivity index is 0.000000711. The Morgan fingerprint density at radius 2 is 1.74 bits per heavy atom. The minimum Gasteiger partial charge on any atom is -0.326 e. The van der Waals surface area contributed by atoms with Gasteiger partial charge in [0.15, 0.2) is 0 Å². The molecule has 2 nitrogen and oxygen atoms in total. The molecule has 1 N–H and O–H groups in total. The van der Waals surface area contributed by atoms with Crippen LogP contribution in [0.3, 0.4) is 0 Å². The Labute approximate surface area is 118 Å². The van der Waals surface area contributed by atoms with E-state index in [1.807, 2.05) is 13.0 Å². The van der Waals surface area contributed by atoms with Crippen LogP contribution in [0, 0.1) is 6.92 Å². The van der Waals surface area contributed by atoms with Crippen molar-refractivity contribution in [2.75, 3.05) is 5.32 Å². The second-order valence-corrected chi connectivity index (χ2v) is 4.93. The van der Waals surface area contributed by atoms with E-state index in [2.05, 4.69) is 38.2 Å². The molecule has 2 heteroatoms. The fourth-order valence-electron chi connectivity index (χ4n) is 1.59. The third-order valence-electron chi connectivity index (χ3n) is 2.92. The van der Waals surface area contributed by atoms with Crippen molar-refractivity contribution in [1.82, 2.24) is 0 Å². The molecule has 0 atom stereocenters. The van der Waals surface area contributed by atoms with Crippen LogP contribution >= 0.6 is 0 Å². The SMILES string of the molecule is CCCC.CCCCc1ccc(NC(C)=O)c(C)c1. The molecule has 19 heavy (non-hydrogen) atoms. The molecule has 0 spiro atoms. The standard InChI is InChI=1S/C13H19NO.C4H10/c1-4-5-6-12-7-8-13(10(2)9-12)14-11(3)15;1-3-4-2/h7-9H,4-6H2,1-3H3,(H,14,15);3-4H2,1-2H3. The number of benzene rings is 1. The van der Waals surface area contributed by atoms with Crippen LogP contribution in [0.2, 0.25) is 0 Å². The summed E-state index contributed by atoms with van der Waals surface area (Å²) in [6.45, 7) is 10.1. The molecule has 0 aliphatic rings. The van der Waals surface area contributed by atoms with Gasteiger partial charge in [-0.15, -0.1) is 0 Å². The van der Waals surface area contributed by atoms with Gasteiger partial charge in [0, 0.05) is 12.6 Å². The van der Waals surface area contributed by atoms with E-state index >= 15 is 0 Å². The van der Waals surface area contributed by atoms with Gasteiger partial charge in [0.1, 0.15) is 0 Å². The normalized spacial score (nSPS) is 9.53. The molecule has 0 radical (unpaired) electrons. The van der Waals surface area contributed by atoms with Gasteiger partial charge in [0.05, 0.1) is 0 Å². The molecule has 1 rings (SSSR count). The van der Waals surface area contributed by atoms with Gasteiger partial charge in [0.2, 0.25) is 5.91 Å². The van der Waals surface area contributed by atoms with Crippen LogP contribution in [0.15, 0.2) is 18.2 Å². The molecular weight excluding hydrogens is 234 g/mol. The second-order valence-electron chi connectivity index (χ2n) is 4.93. The maximum atomic E-state index is 10.9. The highest BCUT2D eigenvalue weighted by Gasteiger charge is 2.01. The molecule has 0 aromatic heterocycles. The highest BCUT2D eigenvalue weighted by Crippen LogP contribution is 2.17.